The van der Waals surface area contributed by atoms with Crippen LogP contribution >= 0.6 is 0 Å². The first-order chi connectivity index (χ1) is 11.8. The van der Waals surface area contributed by atoms with Crippen molar-refractivity contribution >= 4 is 17.9 Å². The van der Waals surface area contributed by atoms with E-state index in [1.807, 2.05) is 0 Å². The van der Waals surface area contributed by atoms with Crippen molar-refractivity contribution in [2.24, 2.45) is 5.92 Å². The molecule has 0 saturated carbocycles. The highest BCUT2D eigenvalue weighted by molar-refractivity contribution is 5.93. The van der Waals surface area contributed by atoms with Gasteiger partial charge in [-0.15, -0.1) is 0 Å². The van der Waals surface area contributed by atoms with Gasteiger partial charge in [0.15, 0.2) is 0 Å². The van der Waals surface area contributed by atoms with E-state index in [4.69, 9.17) is 9.84 Å². The van der Waals surface area contributed by atoms with E-state index in [1.54, 1.807) is 6.92 Å². The molecule has 0 aliphatic carbocycles. The van der Waals surface area contributed by atoms with Gasteiger partial charge in [-0.1, -0.05) is 46.3 Å². The van der Waals surface area contributed by atoms with Gasteiger partial charge in [-0.05, 0) is 25.3 Å². The summed E-state index contributed by atoms with van der Waals surface area (Å²) in [6, 6.07) is 0. The highest BCUT2D eigenvalue weighted by Crippen LogP contribution is 2.12. The Kier molecular flexibility index (Phi) is 16.4. The van der Waals surface area contributed by atoms with Crippen molar-refractivity contribution in [3.63, 3.8) is 0 Å². The normalized spacial score (nSPS) is 11.0. The maximum absolute atomic E-state index is 10.8. The average molecular weight is 354 g/mol. The standard InChI is InChI=1S/C11H20O2.C8H10O4/c1-4-7-8-10(5-2)9-13-11(12)6-3;1-3-12-8(11)6(2)4-5-7(9)10/h6,10H,3-5,7-9H2,1-2H3;4-5H,2-3H2,1H3,(H,9,10). The Morgan fingerprint density at radius 1 is 1.12 bits per heavy atom. The summed E-state index contributed by atoms with van der Waals surface area (Å²) in [4.78, 5) is 31.6. The van der Waals surface area contributed by atoms with Gasteiger partial charge in [0.1, 0.15) is 0 Å². The summed E-state index contributed by atoms with van der Waals surface area (Å²) in [7, 11) is 0. The molecule has 25 heavy (non-hydrogen) atoms. The number of rotatable bonds is 11. The zero-order chi connectivity index (χ0) is 19.7. The Labute approximate surface area is 150 Å². The Bertz CT molecular complexity index is 465. The molecule has 1 unspecified atom stereocenters. The molecule has 0 spiro atoms. The summed E-state index contributed by atoms with van der Waals surface area (Å²) in [5.41, 5.74) is 0.0271. The maximum atomic E-state index is 10.8. The molecule has 0 aromatic carbocycles. The van der Waals surface area contributed by atoms with E-state index in [-0.39, 0.29) is 18.1 Å². The molecule has 1 atom stereocenters. The number of hydrogen-bond acceptors (Lipinski definition) is 5. The predicted molar refractivity (Wildman–Crippen MR) is 97.0 cm³/mol. The van der Waals surface area contributed by atoms with E-state index in [9.17, 15) is 14.4 Å². The minimum atomic E-state index is -1.12. The lowest BCUT2D eigenvalue weighted by Crippen LogP contribution is -2.12. The summed E-state index contributed by atoms with van der Waals surface area (Å²) < 4.78 is 9.54. The predicted octanol–water partition coefficient (Wildman–Crippen LogP) is 3.68. The molecular weight excluding hydrogens is 324 g/mol. The minimum absolute atomic E-state index is 0.0271. The first kappa shape index (κ1) is 24.9. The zero-order valence-electron chi connectivity index (χ0n) is 15.5. The molecule has 0 heterocycles. The van der Waals surface area contributed by atoms with E-state index >= 15 is 0 Å². The molecule has 0 rings (SSSR count). The molecule has 0 aliphatic rings. The van der Waals surface area contributed by atoms with Gasteiger partial charge in [0.25, 0.3) is 0 Å². The lowest BCUT2D eigenvalue weighted by atomic mass is 10.0. The van der Waals surface area contributed by atoms with E-state index in [0.717, 1.165) is 25.0 Å². The van der Waals surface area contributed by atoms with Crippen molar-refractivity contribution in [3.8, 4) is 0 Å². The van der Waals surface area contributed by atoms with E-state index < -0.39 is 11.9 Å². The van der Waals surface area contributed by atoms with Crippen LogP contribution in [0, 0.1) is 5.92 Å². The van der Waals surface area contributed by atoms with Crippen molar-refractivity contribution in [1.29, 1.82) is 0 Å². The fourth-order valence-electron chi connectivity index (χ4n) is 1.62. The maximum Gasteiger partial charge on any atom is 0.337 e. The fraction of sp³-hybridized carbons (Fsp3) is 0.526. The van der Waals surface area contributed by atoms with Crippen LogP contribution in [0.25, 0.3) is 0 Å². The monoisotopic (exact) mass is 354 g/mol. The van der Waals surface area contributed by atoms with Gasteiger partial charge in [0.05, 0.1) is 18.8 Å². The minimum Gasteiger partial charge on any atom is -0.478 e. The van der Waals surface area contributed by atoms with Crippen molar-refractivity contribution in [2.45, 2.75) is 46.5 Å². The number of unbranched alkanes of at least 4 members (excludes halogenated alkanes) is 1. The van der Waals surface area contributed by atoms with E-state index in [2.05, 4.69) is 31.7 Å². The van der Waals surface area contributed by atoms with Crippen LogP contribution in [0.1, 0.15) is 46.5 Å². The number of aliphatic carboxylic acids is 1. The Hall–Kier alpha value is -2.37. The molecule has 0 amide bonds. The van der Waals surface area contributed by atoms with Crippen LogP contribution in [0.2, 0.25) is 0 Å². The molecule has 0 aromatic rings. The van der Waals surface area contributed by atoms with Gasteiger partial charge < -0.3 is 14.6 Å². The summed E-state index contributed by atoms with van der Waals surface area (Å²) >= 11 is 0. The molecular formula is C19H30O6. The molecule has 0 aromatic heterocycles. The van der Waals surface area contributed by atoms with Crippen LogP contribution in [-0.2, 0) is 23.9 Å². The third-order valence-electron chi connectivity index (χ3n) is 3.14. The topological polar surface area (TPSA) is 89.9 Å². The molecule has 0 saturated heterocycles. The number of carboxylic acids is 1. The molecule has 0 aliphatic heterocycles. The highest BCUT2D eigenvalue weighted by Gasteiger charge is 2.07. The quantitative estimate of drug-likeness (QED) is 0.346. The van der Waals surface area contributed by atoms with Crippen LogP contribution in [0.5, 0.6) is 0 Å². The number of carboxylic acid groups (broad SMARTS) is 1. The van der Waals surface area contributed by atoms with Crippen molar-refractivity contribution in [2.75, 3.05) is 13.2 Å². The second-order valence-corrected chi connectivity index (χ2v) is 5.17. The van der Waals surface area contributed by atoms with Crippen LogP contribution in [0.3, 0.4) is 0 Å². The number of carbonyl (C=O) groups excluding carboxylic acids is 2. The first-order valence-corrected chi connectivity index (χ1v) is 8.38. The first-order valence-electron chi connectivity index (χ1n) is 8.38. The van der Waals surface area contributed by atoms with Crippen LogP contribution in [0.15, 0.2) is 37.0 Å². The number of hydrogen-bond donors (Lipinski definition) is 1. The zero-order valence-corrected chi connectivity index (χ0v) is 15.5. The Balaban J connectivity index is 0. The van der Waals surface area contributed by atoms with Crippen LogP contribution in [-0.4, -0.2) is 36.2 Å². The lowest BCUT2D eigenvalue weighted by molar-refractivity contribution is -0.139. The van der Waals surface area contributed by atoms with Gasteiger partial charge >= 0.3 is 17.9 Å². The van der Waals surface area contributed by atoms with Gasteiger partial charge in [0, 0.05) is 12.2 Å². The Morgan fingerprint density at radius 2 is 1.76 bits per heavy atom. The van der Waals surface area contributed by atoms with E-state index in [0.29, 0.717) is 12.5 Å². The number of esters is 2. The SMILES string of the molecule is C=C(C=CC(=O)O)C(=O)OCC.C=CC(=O)OCC(CC)CCCC. The van der Waals surface area contributed by atoms with Gasteiger partial charge in [-0.2, -0.15) is 0 Å². The van der Waals surface area contributed by atoms with Crippen LogP contribution in [0.4, 0.5) is 0 Å². The molecule has 142 valence electrons. The molecule has 6 nitrogen and oxygen atoms in total. The molecule has 0 fully saturated rings. The Morgan fingerprint density at radius 3 is 2.20 bits per heavy atom. The number of ether oxygens (including phenoxy) is 2. The van der Waals surface area contributed by atoms with Gasteiger partial charge in [0.2, 0.25) is 0 Å². The van der Waals surface area contributed by atoms with Crippen molar-refractivity contribution < 1.29 is 29.0 Å². The summed E-state index contributed by atoms with van der Waals surface area (Å²) in [5.74, 6) is -1.52. The second-order valence-electron chi connectivity index (χ2n) is 5.17. The summed E-state index contributed by atoms with van der Waals surface area (Å²) in [6.45, 7) is 13.4. The van der Waals surface area contributed by atoms with Crippen molar-refractivity contribution in [3.05, 3.63) is 37.0 Å². The molecule has 0 radical (unpaired) electrons. The van der Waals surface area contributed by atoms with E-state index in [1.165, 1.54) is 18.9 Å². The largest absolute Gasteiger partial charge is 0.478 e. The van der Waals surface area contributed by atoms with Gasteiger partial charge in [-0.25, -0.2) is 14.4 Å². The third-order valence-corrected chi connectivity index (χ3v) is 3.14. The smallest absolute Gasteiger partial charge is 0.337 e. The fourth-order valence-corrected chi connectivity index (χ4v) is 1.62. The second kappa shape index (κ2) is 16.5. The summed E-state index contributed by atoms with van der Waals surface area (Å²) in [6.07, 6.45) is 7.78. The number of carbonyl (C=O) groups is 3. The summed E-state index contributed by atoms with van der Waals surface area (Å²) in [5, 5.41) is 8.19. The third kappa shape index (κ3) is 16.3. The highest BCUT2D eigenvalue weighted by atomic mass is 16.5. The average Bonchev–Trinajstić information content (AvgIpc) is 2.60. The van der Waals surface area contributed by atoms with Crippen LogP contribution < -0.4 is 0 Å². The van der Waals surface area contributed by atoms with Crippen molar-refractivity contribution in [1.82, 2.24) is 0 Å². The molecule has 0 bridgehead atoms. The van der Waals surface area contributed by atoms with Gasteiger partial charge in [-0.3, -0.25) is 0 Å². The lowest BCUT2D eigenvalue weighted by Gasteiger charge is -2.13. The molecule has 1 N–H and O–H groups in total. The molecule has 6 heteroatoms.